The smallest absolute Gasteiger partial charge is 0.223 e. The van der Waals surface area contributed by atoms with E-state index in [0.717, 1.165) is 29.3 Å². The normalized spacial score (nSPS) is 19.1. The van der Waals surface area contributed by atoms with Gasteiger partial charge in [0.15, 0.2) is 0 Å². The molecule has 0 spiro atoms. The molecule has 2 unspecified atom stereocenters. The minimum Gasteiger partial charge on any atom is -0.495 e. The first-order valence-corrected chi connectivity index (χ1v) is 11.2. The van der Waals surface area contributed by atoms with Crippen LogP contribution < -0.4 is 20.5 Å². The van der Waals surface area contributed by atoms with Crippen molar-refractivity contribution in [1.82, 2.24) is 9.97 Å². The van der Waals surface area contributed by atoms with Gasteiger partial charge in [-0.05, 0) is 30.5 Å². The highest BCUT2D eigenvalue weighted by Crippen LogP contribution is 2.46. The van der Waals surface area contributed by atoms with Crippen LogP contribution in [-0.4, -0.2) is 36.3 Å². The summed E-state index contributed by atoms with van der Waals surface area (Å²) in [6, 6.07) is 7.82. The highest BCUT2D eigenvalue weighted by atomic mass is 35.5. The summed E-state index contributed by atoms with van der Waals surface area (Å²) in [6.45, 7) is 0. The number of hydrogen-bond donors (Lipinski definition) is 2. The van der Waals surface area contributed by atoms with E-state index in [1.165, 1.54) is 19.3 Å². The molecule has 164 valence electrons. The van der Waals surface area contributed by atoms with Crippen LogP contribution >= 0.6 is 23.2 Å². The number of rotatable bonds is 5. The van der Waals surface area contributed by atoms with Gasteiger partial charge in [-0.1, -0.05) is 48.5 Å². The molecule has 1 aliphatic carbocycles. The van der Waals surface area contributed by atoms with Crippen LogP contribution in [0.15, 0.2) is 30.5 Å². The first kappa shape index (κ1) is 21.9. The zero-order valence-electron chi connectivity index (χ0n) is 17.6. The molecule has 2 aromatic carbocycles. The summed E-state index contributed by atoms with van der Waals surface area (Å²) in [7, 11) is 3.11. The molecular weight excluding hydrogens is 435 g/mol. The first-order valence-electron chi connectivity index (χ1n) is 10.4. The fourth-order valence-corrected chi connectivity index (χ4v) is 4.80. The van der Waals surface area contributed by atoms with Crippen molar-refractivity contribution in [3.05, 3.63) is 40.5 Å². The summed E-state index contributed by atoms with van der Waals surface area (Å²) < 4.78 is 10.8. The van der Waals surface area contributed by atoms with Gasteiger partial charge in [-0.25, -0.2) is 9.97 Å². The van der Waals surface area contributed by atoms with Gasteiger partial charge in [0.2, 0.25) is 5.95 Å². The van der Waals surface area contributed by atoms with E-state index >= 15 is 0 Å². The Labute approximate surface area is 192 Å². The van der Waals surface area contributed by atoms with E-state index in [-0.39, 0.29) is 12.1 Å². The number of fused-ring (bicyclic) bond motifs is 1. The summed E-state index contributed by atoms with van der Waals surface area (Å²) in [5.74, 6) is 1.59. The second-order valence-electron chi connectivity index (χ2n) is 7.80. The molecule has 0 aliphatic heterocycles. The van der Waals surface area contributed by atoms with E-state index in [1.807, 2.05) is 18.2 Å². The van der Waals surface area contributed by atoms with Gasteiger partial charge in [0.25, 0.3) is 0 Å². The topological polar surface area (TPSA) is 82.3 Å². The molecule has 0 radical (unpaired) electrons. The molecule has 31 heavy (non-hydrogen) atoms. The summed E-state index contributed by atoms with van der Waals surface area (Å²) in [6.07, 6.45) is 7.45. The van der Waals surface area contributed by atoms with Gasteiger partial charge in [0, 0.05) is 35.3 Å². The van der Waals surface area contributed by atoms with Gasteiger partial charge in [-0.3, -0.25) is 0 Å². The van der Waals surface area contributed by atoms with Crippen molar-refractivity contribution in [1.29, 1.82) is 0 Å². The third-order valence-corrected chi connectivity index (χ3v) is 6.58. The molecule has 4 rings (SSSR count). The van der Waals surface area contributed by atoms with E-state index in [0.29, 0.717) is 33.1 Å². The third-order valence-electron chi connectivity index (χ3n) is 5.83. The van der Waals surface area contributed by atoms with Crippen LogP contribution in [0.1, 0.15) is 32.1 Å². The average Bonchev–Trinajstić information content (AvgIpc) is 2.98. The van der Waals surface area contributed by atoms with Crippen LogP contribution in [0.2, 0.25) is 10.0 Å². The maximum absolute atomic E-state index is 6.57. The standard InChI is InChI=1S/C23H26Cl2N4O2/c1-30-18-11-19(31-2)22(25)20(21(18)24)13-8-9-16-14(10-13)12-27-23(28-16)29-17-7-5-3-4-6-15(17)26/h8-12,15,17H,3-7,26H2,1-2H3,(H,27,28,29). The van der Waals surface area contributed by atoms with Gasteiger partial charge in [-0.15, -0.1) is 0 Å². The van der Waals surface area contributed by atoms with Crippen molar-refractivity contribution in [2.75, 3.05) is 19.5 Å². The van der Waals surface area contributed by atoms with Gasteiger partial charge in [0.05, 0.1) is 29.8 Å². The molecule has 2 atom stereocenters. The fraction of sp³-hybridized carbons (Fsp3) is 0.391. The van der Waals surface area contributed by atoms with Crippen molar-refractivity contribution >= 4 is 40.1 Å². The van der Waals surface area contributed by atoms with Gasteiger partial charge in [-0.2, -0.15) is 0 Å². The van der Waals surface area contributed by atoms with E-state index in [2.05, 4.69) is 15.3 Å². The number of aromatic nitrogens is 2. The Balaban J connectivity index is 1.68. The number of methoxy groups -OCH3 is 2. The lowest BCUT2D eigenvalue weighted by Gasteiger charge is -2.22. The molecule has 3 N–H and O–H groups in total. The largest absolute Gasteiger partial charge is 0.495 e. The molecule has 1 fully saturated rings. The number of nitrogens with one attached hydrogen (secondary N) is 1. The molecule has 0 amide bonds. The van der Waals surface area contributed by atoms with Gasteiger partial charge >= 0.3 is 0 Å². The minimum absolute atomic E-state index is 0.122. The maximum atomic E-state index is 6.57. The number of nitrogens with two attached hydrogens (primary N) is 1. The number of halogens is 2. The molecule has 3 aromatic rings. The lowest BCUT2D eigenvalue weighted by molar-refractivity contribution is 0.395. The molecule has 1 aromatic heterocycles. The van der Waals surface area contributed by atoms with Gasteiger partial charge < -0.3 is 20.5 Å². The van der Waals surface area contributed by atoms with Crippen LogP contribution in [0.3, 0.4) is 0 Å². The van der Waals surface area contributed by atoms with Crippen molar-refractivity contribution in [2.24, 2.45) is 5.73 Å². The Morgan fingerprint density at radius 3 is 2.42 bits per heavy atom. The predicted molar refractivity (Wildman–Crippen MR) is 127 cm³/mol. The summed E-state index contributed by atoms with van der Waals surface area (Å²) in [4.78, 5) is 9.21. The highest BCUT2D eigenvalue weighted by molar-refractivity contribution is 6.41. The van der Waals surface area contributed by atoms with E-state index in [1.54, 1.807) is 26.5 Å². The Morgan fingerprint density at radius 1 is 1.00 bits per heavy atom. The minimum atomic E-state index is 0.122. The summed E-state index contributed by atoms with van der Waals surface area (Å²) >= 11 is 13.1. The number of benzene rings is 2. The monoisotopic (exact) mass is 460 g/mol. The number of nitrogens with zero attached hydrogens (tertiary/aromatic N) is 2. The number of ether oxygens (including phenoxy) is 2. The summed E-state index contributed by atoms with van der Waals surface area (Å²) in [5.41, 5.74) is 8.64. The van der Waals surface area contributed by atoms with Crippen LogP contribution in [0.25, 0.3) is 22.0 Å². The third kappa shape index (κ3) is 4.52. The van der Waals surface area contributed by atoms with Gasteiger partial charge in [0.1, 0.15) is 11.5 Å². The molecule has 1 saturated carbocycles. The lowest BCUT2D eigenvalue weighted by Crippen LogP contribution is -2.39. The molecule has 8 heteroatoms. The average molecular weight is 461 g/mol. The molecule has 1 heterocycles. The fourth-order valence-electron chi connectivity index (χ4n) is 4.08. The maximum Gasteiger partial charge on any atom is 0.223 e. The Morgan fingerprint density at radius 2 is 1.71 bits per heavy atom. The van der Waals surface area contributed by atoms with Crippen LogP contribution in [0.4, 0.5) is 5.95 Å². The second kappa shape index (κ2) is 9.47. The molecular formula is C23H26Cl2N4O2. The Kier molecular flexibility index (Phi) is 6.70. The Hall–Kier alpha value is -2.28. The van der Waals surface area contributed by atoms with Crippen molar-refractivity contribution in [3.8, 4) is 22.6 Å². The van der Waals surface area contributed by atoms with E-state index in [9.17, 15) is 0 Å². The van der Waals surface area contributed by atoms with Crippen molar-refractivity contribution in [2.45, 2.75) is 44.2 Å². The van der Waals surface area contributed by atoms with Crippen LogP contribution in [0.5, 0.6) is 11.5 Å². The summed E-state index contributed by atoms with van der Waals surface area (Å²) in [5, 5.41) is 5.16. The molecule has 0 bridgehead atoms. The van der Waals surface area contributed by atoms with Crippen LogP contribution in [0, 0.1) is 0 Å². The quantitative estimate of drug-likeness (QED) is 0.475. The number of anilines is 1. The predicted octanol–water partition coefficient (Wildman–Crippen LogP) is 5.69. The second-order valence-corrected chi connectivity index (χ2v) is 8.56. The SMILES string of the molecule is COc1cc(OC)c(Cl)c(-c2ccc3nc(NC4CCCCCC4N)ncc3c2)c1Cl. The molecule has 6 nitrogen and oxygen atoms in total. The molecule has 1 aliphatic rings. The zero-order chi connectivity index (χ0) is 22.0. The number of hydrogen-bond acceptors (Lipinski definition) is 6. The molecule has 0 saturated heterocycles. The lowest BCUT2D eigenvalue weighted by atomic mass is 10.0. The van der Waals surface area contributed by atoms with E-state index in [4.69, 9.17) is 38.4 Å². The van der Waals surface area contributed by atoms with E-state index < -0.39 is 0 Å². The Bertz CT molecular complexity index is 1060. The van der Waals surface area contributed by atoms with Crippen molar-refractivity contribution < 1.29 is 9.47 Å². The van der Waals surface area contributed by atoms with Crippen molar-refractivity contribution in [3.63, 3.8) is 0 Å². The highest BCUT2D eigenvalue weighted by Gasteiger charge is 2.22. The zero-order valence-corrected chi connectivity index (χ0v) is 19.1. The van der Waals surface area contributed by atoms with Crippen LogP contribution in [-0.2, 0) is 0 Å². The first-order chi connectivity index (χ1) is 15.0.